The molecular formula is C52H38BN4O6+. The molecule has 0 radical (unpaired) electrons. The zero-order valence-electron chi connectivity index (χ0n) is 33.8. The molecule has 0 saturated carbocycles. The van der Waals surface area contributed by atoms with E-state index in [9.17, 15) is 20.2 Å². The summed E-state index contributed by atoms with van der Waals surface area (Å²) in [6, 6.07) is 55.6. The number of fused-ring (bicyclic) bond motifs is 2. The van der Waals surface area contributed by atoms with Gasteiger partial charge in [-0.05, 0) is 65.6 Å². The van der Waals surface area contributed by atoms with Crippen molar-refractivity contribution in [3.8, 4) is 22.6 Å². The summed E-state index contributed by atoms with van der Waals surface area (Å²) in [7, 11) is 0. The van der Waals surface area contributed by atoms with Crippen LogP contribution in [0.25, 0.3) is 22.3 Å². The highest BCUT2D eigenvalue weighted by Gasteiger charge is 2.59. The van der Waals surface area contributed by atoms with Gasteiger partial charge in [-0.15, -0.1) is 0 Å². The van der Waals surface area contributed by atoms with Crippen LogP contribution in [0.15, 0.2) is 212 Å². The second-order valence-corrected chi connectivity index (χ2v) is 15.4. The Labute approximate surface area is 363 Å². The van der Waals surface area contributed by atoms with Crippen LogP contribution in [0.3, 0.4) is 0 Å². The number of rotatable bonds is 12. The van der Waals surface area contributed by atoms with E-state index in [0.29, 0.717) is 11.5 Å². The molecule has 63 heavy (non-hydrogen) atoms. The van der Waals surface area contributed by atoms with Gasteiger partial charge in [-0.1, -0.05) is 133 Å². The van der Waals surface area contributed by atoms with E-state index in [4.69, 9.17) is 9.47 Å². The van der Waals surface area contributed by atoms with Crippen molar-refractivity contribution in [2.45, 2.75) is 18.5 Å². The number of benzene rings is 6. The first-order valence-corrected chi connectivity index (χ1v) is 20.7. The second-order valence-electron chi connectivity index (χ2n) is 15.4. The van der Waals surface area contributed by atoms with Crippen LogP contribution in [-0.4, -0.2) is 37.7 Å². The minimum absolute atomic E-state index is 0.0454. The highest BCUT2D eigenvalue weighted by Crippen LogP contribution is 2.49. The fourth-order valence-electron chi connectivity index (χ4n) is 8.79. The maximum atomic E-state index is 11.8. The van der Waals surface area contributed by atoms with Crippen LogP contribution < -0.4 is 9.47 Å². The normalized spacial score (nSPS) is 15.3. The second kappa shape index (κ2) is 16.6. The molecule has 1 aliphatic carbocycles. The summed E-state index contributed by atoms with van der Waals surface area (Å²) in [5.74, 6) is 0.626. The van der Waals surface area contributed by atoms with Gasteiger partial charge in [0.25, 0.3) is 11.4 Å². The summed E-state index contributed by atoms with van der Waals surface area (Å²) in [6.45, 7) is -0.785. The topological polar surface area (TPSA) is 113 Å². The highest BCUT2D eigenvalue weighted by atomic mass is 16.7. The third kappa shape index (κ3) is 7.35. The number of nitro benzene ring substituents is 2. The fraction of sp³-hybridized carbons (Fsp3) is 0.0577. The van der Waals surface area contributed by atoms with Crippen LogP contribution in [0.2, 0.25) is 0 Å². The molecule has 10 nitrogen and oxygen atoms in total. The number of hydrogen-bond acceptors (Lipinski definition) is 6. The summed E-state index contributed by atoms with van der Waals surface area (Å²) in [5.41, 5.74) is 10.7. The molecule has 1 unspecified atom stereocenters. The smallest absolute Gasteiger partial charge is 0.452 e. The Morgan fingerprint density at radius 3 is 1.63 bits per heavy atom. The fourth-order valence-corrected chi connectivity index (χ4v) is 8.79. The summed E-state index contributed by atoms with van der Waals surface area (Å²) in [4.78, 5) is 22.7. The number of allylic oxidation sites excluding steroid dienone is 6. The van der Waals surface area contributed by atoms with Crippen molar-refractivity contribution in [1.82, 2.24) is 4.48 Å². The van der Waals surface area contributed by atoms with Gasteiger partial charge < -0.3 is 14.0 Å². The number of non-ortho nitro benzene ring substituents is 2. The predicted octanol–water partition coefficient (Wildman–Crippen LogP) is 11.3. The molecule has 11 heteroatoms. The van der Waals surface area contributed by atoms with Gasteiger partial charge in [-0.3, -0.25) is 20.2 Å². The standard InChI is InChI=1S/C52H38BN4O6/c58-56(59)41-26-30-43(31-27-41)62-52(63-44-32-28-42(29-33-44)57(60)61)53-54-47(38-20-10-3-11-21-38)34-45(36-16-6-1-7-17-36)50(54)49(40-24-14-5-15-25-40)51-46(37-18-8-2-9-19-37)35-48(55(51)53)39-22-12-4-13-23-39/h1-22,24-35,39,52H,23H2/q+1. The Bertz CT molecular complexity index is 2960. The van der Waals surface area contributed by atoms with Gasteiger partial charge in [0.2, 0.25) is 5.70 Å². The zero-order chi connectivity index (χ0) is 42.9. The number of hydrogen-bond donors (Lipinski definition) is 0. The molecular weight excluding hydrogens is 787 g/mol. The van der Waals surface area contributed by atoms with E-state index in [1.165, 1.54) is 24.3 Å². The molecule has 0 saturated heterocycles. The van der Waals surface area contributed by atoms with Gasteiger partial charge in [0, 0.05) is 53.1 Å². The Hall–Kier alpha value is -8.31. The Balaban J connectivity index is 1.34. The van der Waals surface area contributed by atoms with E-state index in [-0.39, 0.29) is 17.3 Å². The van der Waals surface area contributed by atoms with Gasteiger partial charge in [0.05, 0.1) is 26.7 Å². The van der Waals surface area contributed by atoms with Crippen molar-refractivity contribution in [3.05, 3.63) is 260 Å². The van der Waals surface area contributed by atoms with Crippen molar-refractivity contribution in [2.75, 3.05) is 0 Å². The maximum Gasteiger partial charge on any atom is 0.707 e. The lowest BCUT2D eigenvalue weighted by Crippen LogP contribution is -2.57. The minimum Gasteiger partial charge on any atom is -0.452 e. The first-order chi connectivity index (χ1) is 30.9. The predicted molar refractivity (Wildman–Crippen MR) is 246 cm³/mol. The van der Waals surface area contributed by atoms with Crippen LogP contribution in [-0.2, 0) is 0 Å². The zero-order valence-corrected chi connectivity index (χ0v) is 33.8. The minimum atomic E-state index is -1.17. The molecule has 0 bridgehead atoms. The number of nitro groups is 2. The quantitative estimate of drug-likeness (QED) is 0.0525. The van der Waals surface area contributed by atoms with Crippen LogP contribution in [0.5, 0.6) is 11.5 Å². The van der Waals surface area contributed by atoms with Gasteiger partial charge in [-0.2, -0.15) is 0 Å². The monoisotopic (exact) mass is 825 g/mol. The summed E-state index contributed by atoms with van der Waals surface area (Å²) >= 11 is 0. The van der Waals surface area contributed by atoms with Crippen LogP contribution in [0, 0.1) is 20.2 Å². The van der Waals surface area contributed by atoms with Crippen molar-refractivity contribution in [3.63, 3.8) is 0 Å². The van der Waals surface area contributed by atoms with Crippen molar-refractivity contribution < 1.29 is 23.8 Å². The summed E-state index contributed by atoms with van der Waals surface area (Å²) in [5, 5.41) is 23.6. The van der Waals surface area contributed by atoms with E-state index in [1.54, 1.807) is 24.3 Å². The van der Waals surface area contributed by atoms with E-state index < -0.39 is 23.0 Å². The lowest BCUT2D eigenvalue weighted by atomic mass is 9.68. The van der Waals surface area contributed by atoms with Gasteiger partial charge in [0.15, 0.2) is 5.71 Å². The molecule has 3 aliphatic rings. The van der Waals surface area contributed by atoms with Crippen molar-refractivity contribution in [2.24, 2.45) is 0 Å². The molecule has 0 N–H and O–H groups in total. The third-order valence-electron chi connectivity index (χ3n) is 11.6. The van der Waals surface area contributed by atoms with E-state index in [0.717, 1.165) is 68.2 Å². The molecule has 0 spiro atoms. The average molecular weight is 826 g/mol. The summed E-state index contributed by atoms with van der Waals surface area (Å²) < 4.78 is 18.7. The van der Waals surface area contributed by atoms with E-state index >= 15 is 0 Å². The SMILES string of the molecule is O=[N+]([O-])c1ccc(OC(Oc2ccc([N+](=O)[O-])cc2)B2n3c(C4C=CC=CC4)cc(-c4ccccc4)c3C(c3ccccc3)=C3C(c4ccccc4)=CC(c4ccccc4)=[N+]23)cc1. The van der Waals surface area contributed by atoms with Crippen molar-refractivity contribution in [1.29, 1.82) is 0 Å². The molecule has 6 aromatic carbocycles. The van der Waals surface area contributed by atoms with Gasteiger partial charge in [-0.25, -0.2) is 4.49 Å². The molecule has 1 atom stereocenters. The first-order valence-electron chi connectivity index (χ1n) is 20.7. The average Bonchev–Trinajstić information content (AvgIpc) is 3.93. The van der Waals surface area contributed by atoms with Crippen LogP contribution in [0.4, 0.5) is 11.4 Å². The van der Waals surface area contributed by atoms with E-state index in [2.05, 4.69) is 118 Å². The number of nitrogens with zero attached hydrogens (tertiary/aromatic N) is 4. The largest absolute Gasteiger partial charge is 0.707 e. The highest BCUT2D eigenvalue weighted by molar-refractivity contribution is 6.53. The molecule has 0 amide bonds. The third-order valence-corrected chi connectivity index (χ3v) is 11.6. The van der Waals surface area contributed by atoms with Crippen molar-refractivity contribution >= 4 is 35.2 Å². The molecule has 7 aromatic rings. The van der Waals surface area contributed by atoms with Crippen LogP contribution >= 0.6 is 0 Å². The number of ether oxygens (including phenoxy) is 2. The molecule has 2 aliphatic heterocycles. The first kappa shape index (κ1) is 38.9. The Morgan fingerprint density at radius 1 is 0.619 bits per heavy atom. The van der Waals surface area contributed by atoms with Gasteiger partial charge >= 0.3 is 13.2 Å². The molecule has 0 fully saturated rings. The number of aromatic nitrogens is 1. The van der Waals surface area contributed by atoms with E-state index in [1.807, 2.05) is 48.5 Å². The maximum absolute atomic E-state index is 11.8. The molecule has 304 valence electrons. The Morgan fingerprint density at radius 2 is 1.13 bits per heavy atom. The van der Waals surface area contributed by atoms with Gasteiger partial charge in [0.1, 0.15) is 11.5 Å². The summed E-state index contributed by atoms with van der Waals surface area (Å²) in [6.07, 6.45) is 10.4. The molecule has 10 rings (SSSR count). The van der Waals surface area contributed by atoms with Crippen LogP contribution in [0.1, 0.15) is 40.4 Å². The molecule has 1 aromatic heterocycles. The lowest BCUT2D eigenvalue weighted by molar-refractivity contribution is -0.385. The molecule has 3 heterocycles. The lowest BCUT2D eigenvalue weighted by Gasteiger charge is -2.32. The Kier molecular flexibility index (Phi) is 10.3.